The van der Waals surface area contributed by atoms with E-state index in [4.69, 9.17) is 5.73 Å². The summed E-state index contributed by atoms with van der Waals surface area (Å²) in [5.74, 6) is 0.201. The summed E-state index contributed by atoms with van der Waals surface area (Å²) in [4.78, 5) is 2.19. The van der Waals surface area contributed by atoms with Gasteiger partial charge in [-0.15, -0.1) is 0 Å². The minimum Gasteiger partial charge on any atom is -0.329 e. The SMILES string of the molecule is CN(CCS(C)(=O)=O)C1(CN)CC(C)(C)CC(C)(C)C1. The normalized spacial score (nSPS) is 24.8. The zero-order chi connectivity index (χ0) is 15.8. The number of rotatable bonds is 5. The summed E-state index contributed by atoms with van der Waals surface area (Å²) >= 11 is 0. The van der Waals surface area contributed by atoms with Crippen molar-refractivity contribution in [1.82, 2.24) is 4.90 Å². The van der Waals surface area contributed by atoms with Gasteiger partial charge in [-0.2, -0.15) is 0 Å². The molecule has 0 aromatic rings. The van der Waals surface area contributed by atoms with Gasteiger partial charge in [-0.25, -0.2) is 8.42 Å². The van der Waals surface area contributed by atoms with Crippen molar-refractivity contribution in [1.29, 1.82) is 0 Å². The topological polar surface area (TPSA) is 63.4 Å². The van der Waals surface area contributed by atoms with Gasteiger partial charge in [0.25, 0.3) is 0 Å². The molecule has 0 amide bonds. The summed E-state index contributed by atoms with van der Waals surface area (Å²) < 4.78 is 22.8. The van der Waals surface area contributed by atoms with Gasteiger partial charge in [0.1, 0.15) is 9.84 Å². The highest BCUT2D eigenvalue weighted by atomic mass is 32.2. The van der Waals surface area contributed by atoms with E-state index in [0.717, 1.165) is 12.8 Å². The lowest BCUT2D eigenvalue weighted by molar-refractivity contribution is -0.0295. The number of hydrogen-bond donors (Lipinski definition) is 1. The largest absolute Gasteiger partial charge is 0.329 e. The van der Waals surface area contributed by atoms with E-state index in [2.05, 4.69) is 32.6 Å². The predicted molar refractivity (Wildman–Crippen MR) is 85.5 cm³/mol. The summed E-state index contributed by atoms with van der Waals surface area (Å²) in [7, 11) is -0.909. The van der Waals surface area contributed by atoms with Crippen LogP contribution in [0.5, 0.6) is 0 Å². The second kappa shape index (κ2) is 5.58. The van der Waals surface area contributed by atoms with Gasteiger partial charge in [0.2, 0.25) is 0 Å². The third-order valence-electron chi connectivity index (χ3n) is 4.56. The van der Waals surface area contributed by atoms with Gasteiger partial charge >= 0.3 is 0 Å². The first kappa shape index (κ1) is 17.9. The summed E-state index contributed by atoms with van der Waals surface area (Å²) in [5.41, 5.74) is 6.52. The van der Waals surface area contributed by atoms with E-state index in [1.807, 2.05) is 7.05 Å². The van der Waals surface area contributed by atoms with E-state index in [1.54, 1.807) is 0 Å². The molecule has 0 heterocycles. The molecule has 1 aliphatic rings. The minimum absolute atomic E-state index is 0.0874. The third-order valence-corrected chi connectivity index (χ3v) is 5.48. The van der Waals surface area contributed by atoms with Gasteiger partial charge in [-0.1, -0.05) is 27.7 Å². The smallest absolute Gasteiger partial charge is 0.148 e. The molecule has 0 saturated heterocycles. The standard InChI is InChI=1S/C15H32N2O2S/c1-13(2)9-14(3,4)11-15(10-13,12-16)17(5)7-8-20(6,18)19/h7-12,16H2,1-6H3. The van der Waals surface area contributed by atoms with Crippen molar-refractivity contribution >= 4 is 9.84 Å². The molecule has 0 aromatic heterocycles. The fraction of sp³-hybridized carbons (Fsp3) is 1.00. The Labute approximate surface area is 125 Å². The summed E-state index contributed by atoms with van der Waals surface area (Å²) in [6.45, 7) is 10.3. The molecule has 20 heavy (non-hydrogen) atoms. The maximum absolute atomic E-state index is 11.4. The molecule has 0 bridgehead atoms. The van der Waals surface area contributed by atoms with Crippen LogP contribution in [-0.4, -0.2) is 51.0 Å². The van der Waals surface area contributed by atoms with Crippen LogP contribution in [0.3, 0.4) is 0 Å². The lowest BCUT2D eigenvalue weighted by atomic mass is 9.58. The van der Waals surface area contributed by atoms with Crippen molar-refractivity contribution < 1.29 is 8.42 Å². The number of sulfone groups is 1. The van der Waals surface area contributed by atoms with Gasteiger partial charge in [0.05, 0.1) is 5.75 Å². The number of hydrogen-bond acceptors (Lipinski definition) is 4. The second-order valence-electron chi connectivity index (χ2n) is 8.34. The molecule has 1 rings (SSSR count). The van der Waals surface area contributed by atoms with Gasteiger partial charge in [0, 0.05) is 24.9 Å². The number of likely N-dealkylation sites (N-methyl/N-ethyl adjacent to an activating group) is 1. The Morgan fingerprint density at radius 2 is 1.50 bits per heavy atom. The molecular weight excluding hydrogens is 272 g/mol. The van der Waals surface area contributed by atoms with Gasteiger partial charge in [-0.3, -0.25) is 4.90 Å². The van der Waals surface area contributed by atoms with E-state index < -0.39 is 9.84 Å². The fourth-order valence-electron chi connectivity index (χ4n) is 4.37. The first-order valence-corrected chi connectivity index (χ1v) is 9.46. The zero-order valence-electron chi connectivity index (χ0n) is 14.0. The number of nitrogens with two attached hydrogens (primary N) is 1. The molecule has 2 N–H and O–H groups in total. The number of nitrogens with zero attached hydrogens (tertiary/aromatic N) is 1. The highest BCUT2D eigenvalue weighted by molar-refractivity contribution is 7.90. The first-order valence-electron chi connectivity index (χ1n) is 7.40. The summed E-state index contributed by atoms with van der Waals surface area (Å²) in [6.07, 6.45) is 4.53. The summed E-state index contributed by atoms with van der Waals surface area (Å²) in [6, 6.07) is 0. The van der Waals surface area contributed by atoms with E-state index in [1.165, 1.54) is 12.7 Å². The van der Waals surface area contributed by atoms with Crippen LogP contribution >= 0.6 is 0 Å². The van der Waals surface area contributed by atoms with E-state index >= 15 is 0 Å². The van der Waals surface area contributed by atoms with Crippen LogP contribution in [-0.2, 0) is 9.84 Å². The first-order chi connectivity index (χ1) is 8.81. The molecule has 1 aliphatic carbocycles. The van der Waals surface area contributed by atoms with Gasteiger partial charge < -0.3 is 5.73 Å². The Balaban J connectivity index is 2.95. The van der Waals surface area contributed by atoms with Crippen molar-refractivity contribution in [2.24, 2.45) is 16.6 Å². The lowest BCUT2D eigenvalue weighted by Gasteiger charge is -2.55. The molecular formula is C15H32N2O2S. The Morgan fingerprint density at radius 1 is 1.05 bits per heavy atom. The van der Waals surface area contributed by atoms with Crippen molar-refractivity contribution in [3.8, 4) is 0 Å². The third kappa shape index (κ3) is 4.71. The Bertz CT molecular complexity index is 425. The van der Waals surface area contributed by atoms with E-state index in [0.29, 0.717) is 13.1 Å². The maximum atomic E-state index is 11.4. The average Bonchev–Trinajstić information content (AvgIpc) is 2.20. The second-order valence-corrected chi connectivity index (χ2v) is 10.6. The fourth-order valence-corrected chi connectivity index (χ4v) is 4.98. The van der Waals surface area contributed by atoms with E-state index in [-0.39, 0.29) is 22.1 Å². The Hall–Kier alpha value is -0.130. The molecule has 120 valence electrons. The van der Waals surface area contributed by atoms with Crippen molar-refractivity contribution in [3.05, 3.63) is 0 Å². The van der Waals surface area contributed by atoms with Gasteiger partial charge in [-0.05, 0) is 37.1 Å². The maximum Gasteiger partial charge on any atom is 0.148 e. The van der Waals surface area contributed by atoms with Crippen LogP contribution in [0.2, 0.25) is 0 Å². The molecule has 1 fully saturated rings. The highest BCUT2D eigenvalue weighted by Gasteiger charge is 2.48. The van der Waals surface area contributed by atoms with E-state index in [9.17, 15) is 8.42 Å². The Morgan fingerprint density at radius 3 is 1.85 bits per heavy atom. The molecule has 0 aliphatic heterocycles. The monoisotopic (exact) mass is 304 g/mol. The summed E-state index contributed by atoms with van der Waals surface area (Å²) in [5, 5.41) is 0. The molecule has 0 unspecified atom stereocenters. The van der Waals surface area contributed by atoms with Crippen molar-refractivity contribution in [3.63, 3.8) is 0 Å². The minimum atomic E-state index is -2.93. The van der Waals surface area contributed by atoms with Crippen LogP contribution in [0.4, 0.5) is 0 Å². The lowest BCUT2D eigenvalue weighted by Crippen LogP contribution is -2.60. The van der Waals surface area contributed by atoms with Crippen LogP contribution in [0.1, 0.15) is 47.0 Å². The quantitative estimate of drug-likeness (QED) is 0.842. The molecule has 5 heteroatoms. The van der Waals surface area contributed by atoms with Crippen LogP contribution in [0.25, 0.3) is 0 Å². The average molecular weight is 305 g/mol. The van der Waals surface area contributed by atoms with Crippen LogP contribution in [0, 0.1) is 10.8 Å². The highest BCUT2D eigenvalue weighted by Crippen LogP contribution is 2.51. The molecule has 0 aromatic carbocycles. The zero-order valence-corrected chi connectivity index (χ0v) is 14.8. The van der Waals surface area contributed by atoms with Crippen LogP contribution in [0.15, 0.2) is 0 Å². The Kier molecular flexibility index (Phi) is 5.00. The molecule has 1 saturated carbocycles. The van der Waals surface area contributed by atoms with Gasteiger partial charge in [0.15, 0.2) is 0 Å². The van der Waals surface area contributed by atoms with Crippen molar-refractivity contribution in [2.45, 2.75) is 52.5 Å². The molecule has 0 atom stereocenters. The predicted octanol–water partition coefficient (Wildman–Crippen LogP) is 1.90. The molecule has 0 radical (unpaired) electrons. The molecule has 4 nitrogen and oxygen atoms in total. The van der Waals surface area contributed by atoms with Crippen LogP contribution < -0.4 is 5.73 Å². The molecule has 0 spiro atoms. The van der Waals surface area contributed by atoms with Crippen molar-refractivity contribution in [2.75, 3.05) is 32.1 Å².